The SMILES string of the molecule is CCNC(=NCC(O)(Cc1ccccc1)c1ccccc1)N1CCC(C(=O)OCC)CC1.I. The van der Waals surface area contributed by atoms with Crippen LogP contribution in [0.5, 0.6) is 0 Å². The summed E-state index contributed by atoms with van der Waals surface area (Å²) in [5.41, 5.74) is 0.797. The lowest BCUT2D eigenvalue weighted by atomic mass is 9.87. The van der Waals surface area contributed by atoms with E-state index in [0.717, 1.165) is 49.6 Å². The minimum absolute atomic E-state index is 0. The van der Waals surface area contributed by atoms with E-state index in [4.69, 9.17) is 9.73 Å². The van der Waals surface area contributed by atoms with E-state index in [2.05, 4.69) is 10.2 Å². The number of hydrogen-bond acceptors (Lipinski definition) is 4. The van der Waals surface area contributed by atoms with Crippen molar-refractivity contribution in [3.8, 4) is 0 Å². The van der Waals surface area contributed by atoms with Crippen molar-refractivity contribution in [2.75, 3.05) is 32.8 Å². The number of piperidine rings is 1. The molecule has 1 unspecified atom stereocenters. The van der Waals surface area contributed by atoms with Crippen molar-refractivity contribution >= 4 is 35.9 Å². The molecule has 0 bridgehead atoms. The second-order valence-electron chi connectivity index (χ2n) is 8.24. The zero-order valence-corrected chi connectivity index (χ0v) is 21.9. The van der Waals surface area contributed by atoms with E-state index in [1.165, 1.54) is 0 Å². The highest BCUT2D eigenvalue weighted by Gasteiger charge is 2.31. The first-order chi connectivity index (χ1) is 15.6. The average molecular weight is 565 g/mol. The van der Waals surface area contributed by atoms with Crippen LogP contribution in [0.1, 0.15) is 37.8 Å². The van der Waals surface area contributed by atoms with E-state index in [1.807, 2.05) is 74.5 Å². The molecule has 1 aliphatic rings. The highest BCUT2D eigenvalue weighted by atomic mass is 127. The molecule has 180 valence electrons. The molecule has 1 heterocycles. The Kier molecular flexibility index (Phi) is 11.1. The van der Waals surface area contributed by atoms with Crippen molar-refractivity contribution in [2.45, 2.75) is 38.7 Å². The number of carbonyl (C=O) groups is 1. The van der Waals surface area contributed by atoms with Crippen LogP contribution in [0.25, 0.3) is 0 Å². The second kappa shape index (κ2) is 13.5. The summed E-state index contributed by atoms with van der Waals surface area (Å²) in [6.45, 7) is 6.74. The minimum atomic E-state index is -1.12. The summed E-state index contributed by atoms with van der Waals surface area (Å²) in [4.78, 5) is 19.1. The largest absolute Gasteiger partial charge is 0.466 e. The minimum Gasteiger partial charge on any atom is -0.466 e. The molecular weight excluding hydrogens is 529 g/mol. The van der Waals surface area contributed by atoms with Gasteiger partial charge >= 0.3 is 5.97 Å². The summed E-state index contributed by atoms with van der Waals surface area (Å²) >= 11 is 0. The van der Waals surface area contributed by atoms with E-state index in [9.17, 15) is 9.90 Å². The lowest BCUT2D eigenvalue weighted by molar-refractivity contribution is -0.149. The van der Waals surface area contributed by atoms with Crippen molar-refractivity contribution in [2.24, 2.45) is 10.9 Å². The Morgan fingerprint density at radius 2 is 1.70 bits per heavy atom. The number of nitrogens with zero attached hydrogens (tertiary/aromatic N) is 2. The first-order valence-electron chi connectivity index (χ1n) is 11.6. The number of guanidine groups is 1. The summed E-state index contributed by atoms with van der Waals surface area (Å²) in [5.74, 6) is 0.626. The predicted molar refractivity (Wildman–Crippen MR) is 143 cm³/mol. The topological polar surface area (TPSA) is 74.2 Å². The molecule has 6 nitrogen and oxygen atoms in total. The van der Waals surface area contributed by atoms with Gasteiger partial charge in [-0.2, -0.15) is 0 Å². The van der Waals surface area contributed by atoms with Gasteiger partial charge in [-0.15, -0.1) is 24.0 Å². The summed E-state index contributed by atoms with van der Waals surface area (Å²) in [6.07, 6.45) is 1.97. The van der Waals surface area contributed by atoms with Crippen molar-refractivity contribution in [3.63, 3.8) is 0 Å². The Balaban J connectivity index is 0.00000385. The van der Waals surface area contributed by atoms with Crippen LogP contribution < -0.4 is 5.32 Å². The number of likely N-dealkylation sites (tertiary alicyclic amines) is 1. The van der Waals surface area contributed by atoms with Crippen molar-refractivity contribution < 1.29 is 14.6 Å². The summed E-state index contributed by atoms with van der Waals surface area (Å²) in [5, 5.41) is 15.1. The van der Waals surface area contributed by atoms with Crippen LogP contribution in [0, 0.1) is 5.92 Å². The number of benzene rings is 2. The smallest absolute Gasteiger partial charge is 0.309 e. The molecule has 3 rings (SSSR count). The van der Waals surface area contributed by atoms with Gasteiger partial charge in [0.05, 0.1) is 19.1 Å². The van der Waals surface area contributed by atoms with Crippen molar-refractivity contribution in [1.82, 2.24) is 10.2 Å². The zero-order chi connectivity index (χ0) is 22.8. The Bertz CT molecular complexity index is 871. The van der Waals surface area contributed by atoms with E-state index in [1.54, 1.807) is 0 Å². The number of nitrogens with one attached hydrogen (secondary N) is 1. The van der Waals surface area contributed by atoms with Crippen LogP contribution in [0.15, 0.2) is 65.7 Å². The van der Waals surface area contributed by atoms with Crippen LogP contribution in [-0.2, 0) is 21.6 Å². The normalized spacial score (nSPS) is 16.5. The maximum absolute atomic E-state index is 12.1. The van der Waals surface area contributed by atoms with E-state index >= 15 is 0 Å². The van der Waals surface area contributed by atoms with Gasteiger partial charge in [0.15, 0.2) is 5.96 Å². The van der Waals surface area contributed by atoms with Crippen LogP contribution in [0.2, 0.25) is 0 Å². The standard InChI is InChI=1S/C26H35N3O3.HI/c1-3-27-25(29-17-15-22(16-18-29)24(30)32-4-2)28-20-26(31,23-13-9-6-10-14-23)19-21-11-7-5-8-12-21;/h5-14,22,31H,3-4,15-20H2,1-2H3,(H,27,28);1H. The third-order valence-electron chi connectivity index (χ3n) is 5.89. The fraction of sp³-hybridized carbons (Fsp3) is 0.462. The van der Waals surface area contributed by atoms with E-state index in [-0.39, 0.29) is 42.4 Å². The molecule has 0 spiro atoms. The summed E-state index contributed by atoms with van der Waals surface area (Å²) < 4.78 is 5.19. The number of aliphatic hydroxyl groups is 1. The molecule has 33 heavy (non-hydrogen) atoms. The number of halogens is 1. The first-order valence-corrected chi connectivity index (χ1v) is 11.6. The van der Waals surface area contributed by atoms with E-state index in [0.29, 0.717) is 13.0 Å². The van der Waals surface area contributed by atoms with Crippen LogP contribution in [0.3, 0.4) is 0 Å². The third-order valence-corrected chi connectivity index (χ3v) is 5.89. The molecule has 2 aromatic carbocycles. The quantitative estimate of drug-likeness (QED) is 0.219. The van der Waals surface area contributed by atoms with Gasteiger partial charge in [-0.05, 0) is 37.8 Å². The zero-order valence-electron chi connectivity index (χ0n) is 19.6. The van der Waals surface area contributed by atoms with Crippen LogP contribution >= 0.6 is 24.0 Å². The number of aliphatic imine (C=N–C) groups is 1. The fourth-order valence-corrected chi connectivity index (χ4v) is 4.15. The number of hydrogen-bond donors (Lipinski definition) is 2. The van der Waals surface area contributed by atoms with Gasteiger partial charge < -0.3 is 20.1 Å². The van der Waals surface area contributed by atoms with Gasteiger partial charge in [-0.3, -0.25) is 4.79 Å². The highest BCUT2D eigenvalue weighted by Crippen LogP contribution is 2.27. The molecule has 0 saturated carbocycles. The number of rotatable bonds is 8. The fourth-order valence-electron chi connectivity index (χ4n) is 4.15. The van der Waals surface area contributed by atoms with Gasteiger partial charge in [0.1, 0.15) is 5.60 Å². The lowest BCUT2D eigenvalue weighted by Crippen LogP contribution is -2.47. The van der Waals surface area contributed by atoms with Crippen LogP contribution in [0.4, 0.5) is 0 Å². The molecule has 0 amide bonds. The summed E-state index contributed by atoms with van der Waals surface area (Å²) in [6, 6.07) is 19.8. The molecule has 7 heteroatoms. The maximum atomic E-state index is 12.1. The Labute approximate surface area is 214 Å². The monoisotopic (exact) mass is 565 g/mol. The molecule has 1 fully saturated rings. The number of esters is 1. The van der Waals surface area contributed by atoms with Gasteiger partial charge in [0.25, 0.3) is 0 Å². The molecule has 2 aromatic rings. The maximum Gasteiger partial charge on any atom is 0.309 e. The third kappa shape index (κ3) is 7.71. The Morgan fingerprint density at radius 3 is 2.27 bits per heavy atom. The van der Waals surface area contributed by atoms with Crippen molar-refractivity contribution in [3.05, 3.63) is 71.8 Å². The Hall–Kier alpha value is -2.13. The average Bonchev–Trinajstić information content (AvgIpc) is 2.83. The highest BCUT2D eigenvalue weighted by molar-refractivity contribution is 14.0. The number of carbonyl (C=O) groups excluding carboxylic acids is 1. The van der Waals surface area contributed by atoms with Gasteiger partial charge in [0.2, 0.25) is 0 Å². The first kappa shape index (κ1) is 27.1. The molecule has 0 aromatic heterocycles. The molecule has 1 aliphatic heterocycles. The number of ether oxygens (including phenoxy) is 1. The molecule has 1 atom stereocenters. The van der Waals surface area contributed by atoms with E-state index < -0.39 is 5.60 Å². The second-order valence-corrected chi connectivity index (χ2v) is 8.24. The molecular formula is C26H36IN3O3. The van der Waals surface area contributed by atoms with Crippen molar-refractivity contribution in [1.29, 1.82) is 0 Å². The van der Waals surface area contributed by atoms with Crippen LogP contribution in [-0.4, -0.2) is 54.7 Å². The molecule has 0 aliphatic carbocycles. The molecule has 2 N–H and O–H groups in total. The van der Waals surface area contributed by atoms with Gasteiger partial charge in [-0.25, -0.2) is 4.99 Å². The summed E-state index contributed by atoms with van der Waals surface area (Å²) in [7, 11) is 0. The lowest BCUT2D eigenvalue weighted by Gasteiger charge is -2.34. The molecule has 0 radical (unpaired) electrons. The Morgan fingerprint density at radius 1 is 1.09 bits per heavy atom. The predicted octanol–water partition coefficient (Wildman–Crippen LogP) is 3.98. The molecule has 1 saturated heterocycles. The van der Waals surface area contributed by atoms with Gasteiger partial charge in [0, 0.05) is 26.1 Å². The van der Waals surface area contributed by atoms with Gasteiger partial charge in [-0.1, -0.05) is 60.7 Å².